The van der Waals surface area contributed by atoms with Crippen LogP contribution in [-0.4, -0.2) is 52.7 Å². The maximum absolute atomic E-state index is 10.1. The van der Waals surface area contributed by atoms with Gasteiger partial charge in [0, 0.05) is 116 Å². The van der Waals surface area contributed by atoms with E-state index in [-0.39, 0.29) is 22.1 Å². The molecule has 0 saturated heterocycles. The van der Waals surface area contributed by atoms with Crippen molar-refractivity contribution in [1.29, 1.82) is 0 Å². The molecule has 0 amide bonds. The van der Waals surface area contributed by atoms with E-state index in [1.807, 2.05) is 0 Å². The first kappa shape index (κ1) is 30.9. The first-order valence-corrected chi connectivity index (χ1v) is 36.0. The van der Waals surface area contributed by atoms with Gasteiger partial charge in [-0.25, -0.2) is 29.9 Å². The first-order chi connectivity index (χ1) is 87.7. The fourth-order valence-corrected chi connectivity index (χ4v) is 13.9. The Morgan fingerprint density at radius 1 is 0.156 bits per heavy atom. The molecule has 0 radical (unpaired) electrons. The molecular weight excluding hydrogens is 1490 g/mol. The highest BCUT2D eigenvalue weighted by atomic mass is 15.1. The van der Waals surface area contributed by atoms with Crippen LogP contribution in [0.15, 0.2) is 399 Å². The lowest BCUT2D eigenvalue weighted by atomic mass is 10.0. The van der Waals surface area contributed by atoms with Gasteiger partial charge in [0.25, 0.3) is 0 Å². The Morgan fingerprint density at radius 2 is 0.369 bits per heavy atom. The van der Waals surface area contributed by atoms with Gasteiger partial charge in [-0.3, -0.25) is 0 Å². The molecule has 24 aromatic rings. The number of para-hydroxylation sites is 6. The molecule has 24 rings (SSSR count). The summed E-state index contributed by atoms with van der Waals surface area (Å²) in [5.74, 6) is -5.90. The minimum absolute atomic E-state index is 0.0958. The molecule has 0 aliphatic heterocycles. The molecular formula is C111H75N11. The van der Waals surface area contributed by atoms with Gasteiger partial charge in [0.15, 0.2) is 34.9 Å². The van der Waals surface area contributed by atoms with Gasteiger partial charge in [0.2, 0.25) is 0 Å². The summed E-state index contributed by atoms with van der Waals surface area (Å²) in [7, 11) is 0. The lowest BCUT2D eigenvalue weighted by molar-refractivity contribution is 1.07. The summed E-state index contributed by atoms with van der Waals surface area (Å²) >= 11 is 0. The standard InChI is InChI=1S/C58H38N6.C53H37N5/c1-37-29-31-54-48(33-37)46-23-7-11-27-52(46)62(54)41-19-13-17-39(34-41)57-59-56(38-15-3-2-4-16-38)60-58(61-57)40-18-14-20-42(35-40)63-53-28-12-8-24-47(53)49-36-43(30-32-55(49)63)64-50-25-9-5-21-44(50)45-22-6-10-26-51(45)64;1-34-19-22-36(23-20-34)37-24-26-39(27-25-37)52-54-51(38-11-4-3-5-12-38)55-53(56-52)40-13-10-14-41(32-40)57-49-29-21-35(2)31-45(49)46-33-42(28-30-50(46)57)58-47-17-8-6-15-43(47)44-16-7-9-18-48(44)58/h2-36H,1H3;3-33H,1-2H3/i2D,3D,4D,5D,6D,7D,8D,9D,10D,11D,12D,13D,14D,15D,16D,17D,18D,19D,20D,21D,22D,23D,24D,25D,26D,27D,28D,29D,30D,31D,32D,33D,34D,35D,36D;3D,4D,5D,6D,7D,8D,9D,10D,11D,12D,13D,14D,15D,16D,17D,18D,19D,20D,21D,22D,23D,24D,25D,26D,27D,28D,29D,30D,31D,32D,33D. The van der Waals surface area contributed by atoms with Crippen LogP contribution in [0.5, 0.6) is 0 Å². The van der Waals surface area contributed by atoms with Gasteiger partial charge in [-0.1, -0.05) is 283 Å². The summed E-state index contributed by atoms with van der Waals surface area (Å²) in [5.41, 5.74) is -18.1. The van der Waals surface area contributed by atoms with E-state index in [0.29, 0.717) is 4.57 Å². The van der Waals surface area contributed by atoms with Gasteiger partial charge < -0.3 is 22.8 Å². The minimum atomic E-state index is -1.21. The van der Waals surface area contributed by atoms with Crippen molar-refractivity contribution in [3.63, 3.8) is 0 Å². The number of rotatable bonds is 12. The summed E-state index contributed by atoms with van der Waals surface area (Å²) < 4.78 is 604. The highest BCUT2D eigenvalue weighted by molar-refractivity contribution is 6.15. The zero-order valence-corrected chi connectivity index (χ0v) is 61.9. The molecule has 0 saturated carbocycles. The quantitative estimate of drug-likeness (QED) is 0.121. The van der Waals surface area contributed by atoms with Crippen molar-refractivity contribution >= 4 is 109 Å². The lowest BCUT2D eigenvalue weighted by Crippen LogP contribution is -2.02. The molecule has 7 heterocycles. The summed E-state index contributed by atoms with van der Waals surface area (Å²) in [4.78, 5) is 26.2. The predicted octanol–water partition coefficient (Wildman–Crippen LogP) is 27.8. The van der Waals surface area contributed by atoms with E-state index in [9.17, 15) is 34.3 Å². The maximum Gasteiger partial charge on any atom is 0.164 e. The number of fused-ring (bicyclic) bond motifs is 15. The molecule has 0 atom stereocenters. The third kappa shape index (κ3) is 12.2. The summed E-state index contributed by atoms with van der Waals surface area (Å²) in [6, 6.07) is -60.8. The van der Waals surface area contributed by atoms with Crippen LogP contribution in [0, 0.1) is 20.8 Å². The van der Waals surface area contributed by atoms with Crippen LogP contribution in [0.4, 0.5) is 0 Å². The van der Waals surface area contributed by atoms with E-state index in [1.165, 1.54) is 20.8 Å². The van der Waals surface area contributed by atoms with Crippen molar-refractivity contribution in [1.82, 2.24) is 52.7 Å². The first-order valence-electron chi connectivity index (χ1n) is 69.0. The highest BCUT2D eigenvalue weighted by Crippen LogP contribution is 2.43. The predicted molar refractivity (Wildman–Crippen MR) is 504 cm³/mol. The largest absolute Gasteiger partial charge is 0.309 e. The lowest BCUT2D eigenvalue weighted by Gasteiger charge is -2.13. The van der Waals surface area contributed by atoms with Crippen molar-refractivity contribution in [3.8, 4) is 108 Å². The van der Waals surface area contributed by atoms with Crippen LogP contribution in [0.3, 0.4) is 0 Å². The average molecular weight is 1630 g/mol. The van der Waals surface area contributed by atoms with E-state index in [1.54, 1.807) is 0 Å². The van der Waals surface area contributed by atoms with Gasteiger partial charge in [0.05, 0.1) is 146 Å². The number of aromatic nitrogens is 11. The molecule has 11 heteroatoms. The molecule has 0 N–H and O–H groups in total. The molecule has 17 aromatic carbocycles. The summed E-state index contributed by atoms with van der Waals surface area (Å²) in [5, 5.41) is -5.25. The minimum Gasteiger partial charge on any atom is -0.309 e. The molecule has 0 unspecified atom stereocenters. The van der Waals surface area contributed by atoms with Crippen molar-refractivity contribution in [2.75, 3.05) is 0 Å². The van der Waals surface area contributed by atoms with E-state index in [2.05, 4.69) is 29.9 Å². The fraction of sp³-hybridized carbons (Fsp3) is 0.0270. The Balaban J connectivity index is 0.000000197. The van der Waals surface area contributed by atoms with Crippen molar-refractivity contribution in [2.24, 2.45) is 0 Å². The Labute approximate surface area is 795 Å². The highest BCUT2D eigenvalue weighted by Gasteiger charge is 2.24. The van der Waals surface area contributed by atoms with Crippen LogP contribution < -0.4 is 0 Å². The number of benzene rings is 17. The Bertz CT molecular complexity index is 12300. The molecule has 574 valence electrons. The van der Waals surface area contributed by atoms with Crippen molar-refractivity contribution in [3.05, 3.63) is 415 Å². The zero-order valence-electron chi connectivity index (χ0n) is 128. The van der Waals surface area contributed by atoms with Gasteiger partial charge in [-0.2, -0.15) is 0 Å². The van der Waals surface area contributed by atoms with Crippen molar-refractivity contribution in [2.45, 2.75) is 20.8 Å². The molecule has 0 spiro atoms. The number of nitrogens with zero attached hydrogens (tertiary/aromatic N) is 11. The Morgan fingerprint density at radius 3 is 0.705 bits per heavy atom. The second-order valence-corrected chi connectivity index (χ2v) is 26.4. The topological polar surface area (TPSA) is 102 Å². The maximum atomic E-state index is 10.1. The second-order valence-electron chi connectivity index (χ2n) is 26.4. The third-order valence-electron chi connectivity index (χ3n) is 19.1. The van der Waals surface area contributed by atoms with E-state index < -0.39 is 610 Å². The van der Waals surface area contributed by atoms with E-state index >= 15 is 0 Å². The smallest absolute Gasteiger partial charge is 0.164 e. The van der Waals surface area contributed by atoms with E-state index in [0.717, 1.165) is 18.3 Å². The summed E-state index contributed by atoms with van der Waals surface area (Å²) in [6.07, 6.45) is 0. The Kier molecular flexibility index (Phi) is 7.38. The number of hydrogen-bond acceptors (Lipinski definition) is 6. The van der Waals surface area contributed by atoms with Gasteiger partial charge in [0.1, 0.15) is 0 Å². The summed E-state index contributed by atoms with van der Waals surface area (Å²) in [6.45, 7) is 3.86. The monoisotopic (exact) mass is 1630 g/mol. The molecule has 11 nitrogen and oxygen atoms in total. The SMILES string of the molecule is [2H]c1c([2H])c([2H])c(-c2nc(-c3c([2H])c([2H])c(-c4c([2H])c([2H])c(C)c([2H])c4[2H])c([2H])c3[2H])nc(-c3c([2H])c([2H])c([2H])c(-n4c5c([2H])c([2H])c(C)c([2H])c5c5c([2H])c(-n6c7c([2H])c([2H])c([2H])c([2H])c7c7c([2H])c([2H])c([2H])c([2H])c76)c([2H])c([2H])c54)c3[2H])n2)c([2H])c1[2H].[2H]c1c([2H])c([2H])c(-c2nc(-c3c([2H])c([2H])c([2H])c(-n4c5c([2H])c([2H])c([2H])c([2H])c5c5c([2H])c(C)c([2H])c([2H])c54)c3[2H])nc(-c3c([2H])c([2H])c([2H])c(-n4c5c([2H])c([2H])c([2H])c([2H])c5c5c([2H])c(-n6c7c([2H])c([2H])c([2H])c([2H])c7c7c([2H])c([2H])c([2H])c([2H])c76)c([2H])c([2H])c54)c3[2H])n2)c([2H])c1[2H]. The Hall–Kier alpha value is -16.2. The molecule has 0 bridgehead atoms. The molecule has 0 aliphatic rings. The van der Waals surface area contributed by atoms with Gasteiger partial charge in [-0.05, 0) is 165 Å². The normalized spacial score (nSPS) is 19.3. The third-order valence-corrected chi connectivity index (χ3v) is 19.1. The van der Waals surface area contributed by atoms with Crippen molar-refractivity contribution < 1.29 is 90.5 Å². The van der Waals surface area contributed by atoms with Gasteiger partial charge >= 0.3 is 0 Å². The van der Waals surface area contributed by atoms with Gasteiger partial charge in [-0.15, -0.1) is 0 Å². The average Bonchev–Trinajstić information content (AvgIpc) is 1.52. The van der Waals surface area contributed by atoms with E-state index in [4.69, 9.17) is 56.2 Å². The van der Waals surface area contributed by atoms with Crippen LogP contribution >= 0.6 is 0 Å². The molecule has 0 fully saturated rings. The fourth-order valence-electron chi connectivity index (χ4n) is 13.9. The van der Waals surface area contributed by atoms with Crippen LogP contribution in [0.25, 0.3) is 217 Å². The van der Waals surface area contributed by atoms with Crippen LogP contribution in [0.1, 0.15) is 107 Å². The molecule has 122 heavy (non-hydrogen) atoms. The number of hydrogen-bond donors (Lipinski definition) is 0. The van der Waals surface area contributed by atoms with Crippen LogP contribution in [0.2, 0.25) is 0 Å². The zero-order chi connectivity index (χ0) is 138. The molecule has 0 aliphatic carbocycles. The second kappa shape index (κ2) is 29.1. The van der Waals surface area contributed by atoms with Crippen LogP contribution in [-0.2, 0) is 0 Å². The molecule has 7 aromatic heterocycles.